The van der Waals surface area contributed by atoms with Crippen molar-refractivity contribution in [1.29, 1.82) is 0 Å². The number of hydrogen-bond donors (Lipinski definition) is 3. The number of carbonyl (C=O) groups excluding carboxylic acids is 1. The van der Waals surface area contributed by atoms with Gasteiger partial charge in [0.25, 0.3) is 0 Å². The molecule has 4 N–H and O–H groups in total. The molecule has 0 aromatic carbocycles. The van der Waals surface area contributed by atoms with Gasteiger partial charge >= 0.3 is 12.1 Å². The largest absolute Gasteiger partial charge is 0.490 e. The number of fused-ring (bicyclic) bond motifs is 1. The van der Waals surface area contributed by atoms with E-state index in [0.29, 0.717) is 6.04 Å². The Morgan fingerprint density at radius 2 is 1.81 bits per heavy atom. The van der Waals surface area contributed by atoms with Crippen molar-refractivity contribution >= 4 is 11.9 Å². The van der Waals surface area contributed by atoms with Crippen molar-refractivity contribution in [2.75, 3.05) is 0 Å². The summed E-state index contributed by atoms with van der Waals surface area (Å²) in [5.41, 5.74) is 5.08. The molecule has 8 heteroatoms. The molecule has 92 valence electrons. The third-order valence-electron chi connectivity index (χ3n) is 2.46. The molecule has 1 saturated carbocycles. The van der Waals surface area contributed by atoms with E-state index in [2.05, 4.69) is 5.32 Å². The van der Waals surface area contributed by atoms with Gasteiger partial charge in [0.15, 0.2) is 0 Å². The Morgan fingerprint density at radius 1 is 1.31 bits per heavy atom. The molecule has 0 radical (unpaired) electrons. The number of carboxylic acid groups (broad SMARTS) is 1. The van der Waals surface area contributed by atoms with Crippen LogP contribution in [0.2, 0.25) is 0 Å². The summed E-state index contributed by atoms with van der Waals surface area (Å²) in [5.74, 6) is -2.18. The van der Waals surface area contributed by atoms with Crippen molar-refractivity contribution in [3.8, 4) is 0 Å². The van der Waals surface area contributed by atoms with Crippen molar-refractivity contribution in [2.45, 2.75) is 31.1 Å². The number of hydrogen-bond acceptors (Lipinski definition) is 3. The number of nitrogens with one attached hydrogen (secondary N) is 1. The molecule has 1 aliphatic carbocycles. The van der Waals surface area contributed by atoms with Crippen molar-refractivity contribution in [1.82, 2.24) is 5.32 Å². The first-order valence-corrected chi connectivity index (χ1v) is 4.57. The first-order chi connectivity index (χ1) is 7.21. The topological polar surface area (TPSA) is 92.4 Å². The Kier molecular flexibility index (Phi) is 3.41. The van der Waals surface area contributed by atoms with Crippen LogP contribution in [0.3, 0.4) is 0 Å². The maximum atomic E-state index is 10.6. The van der Waals surface area contributed by atoms with E-state index in [0.717, 1.165) is 12.3 Å². The number of carboxylic acids is 1. The number of piperidine rings is 1. The van der Waals surface area contributed by atoms with E-state index in [1.165, 1.54) is 6.42 Å². The maximum Gasteiger partial charge on any atom is 0.490 e. The number of primary amides is 1. The van der Waals surface area contributed by atoms with Gasteiger partial charge in [-0.1, -0.05) is 0 Å². The molecule has 1 aliphatic heterocycles. The van der Waals surface area contributed by atoms with Gasteiger partial charge in [0.1, 0.15) is 0 Å². The Morgan fingerprint density at radius 3 is 2.00 bits per heavy atom. The van der Waals surface area contributed by atoms with Crippen molar-refractivity contribution in [2.24, 2.45) is 11.7 Å². The molecule has 1 saturated heterocycles. The van der Waals surface area contributed by atoms with Crippen LogP contribution in [-0.2, 0) is 9.59 Å². The second-order valence-electron chi connectivity index (χ2n) is 3.76. The molecule has 0 bridgehead atoms. The molecular weight excluding hydrogens is 229 g/mol. The highest BCUT2D eigenvalue weighted by Gasteiger charge is 2.47. The van der Waals surface area contributed by atoms with E-state index in [9.17, 15) is 18.0 Å². The smallest absolute Gasteiger partial charge is 0.475 e. The van der Waals surface area contributed by atoms with Gasteiger partial charge in [0, 0.05) is 6.04 Å². The minimum Gasteiger partial charge on any atom is -0.475 e. The Balaban J connectivity index is 0.000000168. The van der Waals surface area contributed by atoms with E-state index in [1.54, 1.807) is 0 Å². The molecule has 5 nitrogen and oxygen atoms in total. The standard InChI is InChI=1S/C6H10N2O.C2HF3O2/c7-6(9)5-2-3-1-4(3)8-5;3-2(4,5)1(6)7/h3-5,8H,1-2H2,(H2,7,9);(H,6,7)/t3-,4+,5?;/m0./s1. The Hall–Kier alpha value is -1.31. The number of rotatable bonds is 1. The van der Waals surface area contributed by atoms with Crippen molar-refractivity contribution in [3.05, 3.63) is 0 Å². The van der Waals surface area contributed by atoms with Gasteiger partial charge in [-0.05, 0) is 18.8 Å². The summed E-state index contributed by atoms with van der Waals surface area (Å²) in [4.78, 5) is 19.4. The molecule has 1 heterocycles. The van der Waals surface area contributed by atoms with E-state index in [1.807, 2.05) is 0 Å². The molecule has 2 aliphatic rings. The number of alkyl halides is 3. The quantitative estimate of drug-likeness (QED) is 0.594. The lowest BCUT2D eigenvalue weighted by atomic mass is 10.2. The van der Waals surface area contributed by atoms with Crippen LogP contribution in [0.25, 0.3) is 0 Å². The summed E-state index contributed by atoms with van der Waals surface area (Å²) >= 11 is 0. The first kappa shape index (κ1) is 12.8. The molecule has 2 fully saturated rings. The molecular formula is C8H11F3N2O3. The second kappa shape index (κ2) is 4.28. The number of halogens is 3. The lowest BCUT2D eigenvalue weighted by molar-refractivity contribution is -0.192. The number of carbonyl (C=O) groups is 2. The van der Waals surface area contributed by atoms with Crippen LogP contribution in [0, 0.1) is 5.92 Å². The summed E-state index contributed by atoms with van der Waals surface area (Å²) in [6, 6.07) is 0.608. The molecule has 3 atom stereocenters. The van der Waals surface area contributed by atoms with Crippen molar-refractivity contribution < 1.29 is 27.9 Å². The Labute approximate surface area is 88.8 Å². The molecule has 2 rings (SSSR count). The van der Waals surface area contributed by atoms with Crippen LogP contribution in [0.15, 0.2) is 0 Å². The summed E-state index contributed by atoms with van der Waals surface area (Å²) in [5, 5.41) is 10.3. The molecule has 0 spiro atoms. The van der Waals surface area contributed by atoms with Crippen LogP contribution in [0.5, 0.6) is 0 Å². The van der Waals surface area contributed by atoms with Crippen molar-refractivity contribution in [3.63, 3.8) is 0 Å². The molecule has 16 heavy (non-hydrogen) atoms. The average molecular weight is 240 g/mol. The van der Waals surface area contributed by atoms with Crippen LogP contribution >= 0.6 is 0 Å². The van der Waals surface area contributed by atoms with Crippen LogP contribution in [0.1, 0.15) is 12.8 Å². The highest BCUT2D eigenvalue weighted by Crippen LogP contribution is 2.40. The Bertz CT molecular complexity index is 295. The summed E-state index contributed by atoms with van der Waals surface area (Å²) in [6.07, 6.45) is -2.86. The zero-order valence-electron chi connectivity index (χ0n) is 8.12. The number of nitrogens with two attached hydrogens (primary N) is 1. The van der Waals surface area contributed by atoms with Gasteiger partial charge in [0.2, 0.25) is 5.91 Å². The minimum atomic E-state index is -5.08. The lowest BCUT2D eigenvalue weighted by Gasteiger charge is -2.06. The number of aliphatic carboxylic acids is 1. The van der Waals surface area contributed by atoms with Gasteiger partial charge in [-0.25, -0.2) is 4.79 Å². The van der Waals surface area contributed by atoms with E-state index in [4.69, 9.17) is 15.6 Å². The molecule has 0 aromatic heterocycles. The molecule has 1 unspecified atom stereocenters. The minimum absolute atomic E-state index is 0.0197. The summed E-state index contributed by atoms with van der Waals surface area (Å²) in [6.45, 7) is 0. The van der Waals surface area contributed by atoms with Gasteiger partial charge < -0.3 is 16.2 Å². The summed E-state index contributed by atoms with van der Waals surface area (Å²) < 4.78 is 31.7. The predicted molar refractivity (Wildman–Crippen MR) is 46.3 cm³/mol. The zero-order valence-corrected chi connectivity index (χ0v) is 8.12. The number of amides is 1. The van der Waals surface area contributed by atoms with E-state index >= 15 is 0 Å². The fourth-order valence-electron chi connectivity index (χ4n) is 1.54. The average Bonchev–Trinajstić information content (AvgIpc) is 2.72. The van der Waals surface area contributed by atoms with Gasteiger partial charge in [-0.15, -0.1) is 0 Å². The fraction of sp³-hybridized carbons (Fsp3) is 0.750. The lowest BCUT2D eigenvalue weighted by Crippen LogP contribution is -2.38. The van der Waals surface area contributed by atoms with Crippen LogP contribution in [-0.4, -0.2) is 35.2 Å². The SMILES string of the molecule is NC(=O)C1C[C@@H]2C[C@H]2N1.O=C(O)C(F)(F)F. The normalized spacial score (nSPS) is 31.1. The van der Waals surface area contributed by atoms with Crippen LogP contribution in [0.4, 0.5) is 13.2 Å². The third-order valence-corrected chi connectivity index (χ3v) is 2.46. The van der Waals surface area contributed by atoms with Gasteiger partial charge in [-0.2, -0.15) is 13.2 Å². The van der Waals surface area contributed by atoms with Crippen LogP contribution < -0.4 is 11.1 Å². The second-order valence-corrected chi connectivity index (χ2v) is 3.76. The first-order valence-electron chi connectivity index (χ1n) is 4.57. The maximum absolute atomic E-state index is 10.6. The van der Waals surface area contributed by atoms with Gasteiger partial charge in [0.05, 0.1) is 6.04 Å². The predicted octanol–water partition coefficient (Wildman–Crippen LogP) is -0.145. The fourth-order valence-corrected chi connectivity index (χ4v) is 1.54. The summed E-state index contributed by atoms with van der Waals surface area (Å²) in [7, 11) is 0. The highest BCUT2D eigenvalue weighted by molar-refractivity contribution is 5.80. The highest BCUT2D eigenvalue weighted by atomic mass is 19.4. The third kappa shape index (κ3) is 3.37. The zero-order chi connectivity index (χ0) is 12.5. The van der Waals surface area contributed by atoms with Gasteiger partial charge in [-0.3, -0.25) is 4.79 Å². The monoisotopic (exact) mass is 240 g/mol. The molecule has 1 amide bonds. The molecule has 0 aromatic rings. The van der Waals surface area contributed by atoms with E-state index in [-0.39, 0.29) is 11.9 Å². The van der Waals surface area contributed by atoms with E-state index < -0.39 is 12.1 Å².